The molecule has 4 atom stereocenters. The number of ether oxygens (including phenoxy) is 2. The number of nitrogens with zero attached hydrogens (tertiary/aromatic N) is 1. The molecule has 2 aromatic carbocycles. The zero-order valence-electron chi connectivity index (χ0n) is 24.1. The Morgan fingerprint density at radius 1 is 1.09 bits per heavy atom. The molecule has 5 N–H and O–H groups in total. The number of nitrogens with one attached hydrogen (secondary N) is 3. The molecule has 9 nitrogen and oxygen atoms in total. The lowest BCUT2D eigenvalue weighted by molar-refractivity contribution is -0.124. The number of hydrogen-bond acceptors (Lipinski definition) is 7. The number of carbonyl (C=O) groups excluding carboxylic acids is 2. The SMILES string of the molecule is N[C@H](C(=O)Nc1cncc(F)c1CC[C@@H]1CN[C@H](COC(=O)NCC(F)(F)F)CO1)C(c1ccc(Cl)cc1)c1cc(F)cc(F)c1. The highest BCUT2D eigenvalue weighted by molar-refractivity contribution is 6.30. The van der Waals surface area contributed by atoms with Crippen molar-refractivity contribution >= 4 is 29.3 Å². The van der Waals surface area contributed by atoms with Gasteiger partial charge in [-0.05, 0) is 48.2 Å². The summed E-state index contributed by atoms with van der Waals surface area (Å²) in [6.07, 6.45) is -3.57. The maximum atomic E-state index is 14.9. The van der Waals surface area contributed by atoms with Gasteiger partial charge < -0.3 is 31.2 Å². The monoisotopic (exact) mass is 673 g/mol. The summed E-state index contributed by atoms with van der Waals surface area (Å²) in [4.78, 5) is 28.7. The van der Waals surface area contributed by atoms with Crippen LogP contribution in [0.1, 0.15) is 29.0 Å². The summed E-state index contributed by atoms with van der Waals surface area (Å²) in [5.74, 6) is -4.18. The molecule has 46 heavy (non-hydrogen) atoms. The summed E-state index contributed by atoms with van der Waals surface area (Å²) in [5.41, 5.74) is 7.09. The Bertz CT molecular complexity index is 1490. The summed E-state index contributed by atoms with van der Waals surface area (Å²) in [7, 11) is 0. The third-order valence-corrected chi connectivity index (χ3v) is 7.38. The second kappa shape index (κ2) is 15.6. The topological polar surface area (TPSA) is 128 Å². The van der Waals surface area contributed by atoms with E-state index in [0.717, 1.165) is 18.3 Å². The van der Waals surface area contributed by atoms with Crippen molar-refractivity contribution in [1.29, 1.82) is 0 Å². The number of rotatable bonds is 11. The van der Waals surface area contributed by atoms with E-state index < -0.39 is 66.3 Å². The zero-order valence-corrected chi connectivity index (χ0v) is 24.8. The Hall–Kier alpha value is -3.92. The molecule has 0 aliphatic carbocycles. The average Bonchev–Trinajstić information content (AvgIpc) is 2.99. The van der Waals surface area contributed by atoms with E-state index in [1.807, 2.05) is 0 Å². The first-order valence-corrected chi connectivity index (χ1v) is 14.4. The van der Waals surface area contributed by atoms with Crippen LogP contribution in [0.25, 0.3) is 0 Å². The maximum Gasteiger partial charge on any atom is 0.407 e. The third kappa shape index (κ3) is 10.0. The number of alkyl halides is 3. The quantitative estimate of drug-likeness (QED) is 0.215. The minimum atomic E-state index is -4.56. The number of pyridine rings is 1. The van der Waals surface area contributed by atoms with Crippen molar-refractivity contribution in [2.24, 2.45) is 5.73 Å². The highest BCUT2D eigenvalue weighted by atomic mass is 35.5. The van der Waals surface area contributed by atoms with Gasteiger partial charge in [0.25, 0.3) is 0 Å². The Kier molecular flexibility index (Phi) is 11.8. The fraction of sp³-hybridized carbons (Fsp3) is 0.367. The molecular weight excluding hydrogens is 644 g/mol. The number of nitrogens with two attached hydrogens (primary N) is 1. The van der Waals surface area contributed by atoms with E-state index >= 15 is 0 Å². The van der Waals surface area contributed by atoms with Crippen LogP contribution in [0, 0.1) is 17.5 Å². The largest absolute Gasteiger partial charge is 0.448 e. The first-order chi connectivity index (χ1) is 21.8. The number of morpholine rings is 1. The van der Waals surface area contributed by atoms with Gasteiger partial charge in [-0.3, -0.25) is 9.78 Å². The number of aromatic nitrogens is 1. The van der Waals surface area contributed by atoms with Gasteiger partial charge in [0.15, 0.2) is 0 Å². The molecule has 0 saturated carbocycles. The molecule has 248 valence electrons. The lowest BCUT2D eigenvalue weighted by Crippen LogP contribution is -2.49. The van der Waals surface area contributed by atoms with Crippen molar-refractivity contribution < 1.29 is 45.4 Å². The molecule has 0 bridgehead atoms. The second-order valence-corrected chi connectivity index (χ2v) is 11.0. The Balaban J connectivity index is 1.37. The molecule has 3 aromatic rings. The van der Waals surface area contributed by atoms with Gasteiger partial charge >= 0.3 is 12.3 Å². The van der Waals surface area contributed by atoms with Crippen LogP contribution in [0.2, 0.25) is 5.02 Å². The summed E-state index contributed by atoms with van der Waals surface area (Å²) in [6, 6.07) is 7.24. The number of carbonyl (C=O) groups is 2. The molecule has 1 aliphatic heterocycles. The molecule has 0 radical (unpaired) electrons. The molecule has 1 aliphatic rings. The fourth-order valence-corrected chi connectivity index (χ4v) is 5.01. The first-order valence-electron chi connectivity index (χ1n) is 14.0. The zero-order chi connectivity index (χ0) is 33.4. The highest BCUT2D eigenvalue weighted by Crippen LogP contribution is 2.31. The number of alkyl carbamates (subject to hydrolysis) is 1. The molecule has 4 rings (SSSR count). The number of benzene rings is 2. The first kappa shape index (κ1) is 34.9. The predicted molar refractivity (Wildman–Crippen MR) is 156 cm³/mol. The third-order valence-electron chi connectivity index (χ3n) is 7.13. The van der Waals surface area contributed by atoms with Crippen molar-refractivity contribution in [3.05, 3.63) is 94.0 Å². The lowest BCUT2D eigenvalue weighted by Gasteiger charge is -2.30. The molecule has 2 heterocycles. The van der Waals surface area contributed by atoms with E-state index in [4.69, 9.17) is 26.8 Å². The Morgan fingerprint density at radius 3 is 2.41 bits per heavy atom. The molecule has 1 aromatic heterocycles. The standard InChI is InChI=1S/C30H30ClF6N5O4/c31-18-3-1-16(2-4-18)26(17-7-19(32)9-20(33)8-17)27(38)28(43)42-25-12-39-11-24(34)23(25)6-5-22-10-40-21(13-45-22)14-46-29(44)41-15-30(35,36)37/h1-4,7-9,11-12,21-22,26-27,40H,5-6,10,13-15,38H2,(H,41,44)(H,42,43)/t21-,22+,26?,27-/m0/s1. The minimum absolute atomic E-state index is 0.0423. The van der Waals surface area contributed by atoms with Gasteiger partial charge in [-0.25, -0.2) is 18.0 Å². The van der Waals surface area contributed by atoms with Crippen molar-refractivity contribution in [1.82, 2.24) is 15.6 Å². The maximum absolute atomic E-state index is 14.9. The Labute approximate surface area is 264 Å². The molecule has 16 heteroatoms. The van der Waals surface area contributed by atoms with Gasteiger partial charge in [-0.2, -0.15) is 13.2 Å². The van der Waals surface area contributed by atoms with E-state index in [1.54, 1.807) is 29.6 Å². The van der Waals surface area contributed by atoms with Crippen LogP contribution in [-0.4, -0.2) is 67.7 Å². The minimum Gasteiger partial charge on any atom is -0.448 e. The van der Waals surface area contributed by atoms with Gasteiger partial charge in [0.05, 0.1) is 42.9 Å². The van der Waals surface area contributed by atoms with Gasteiger partial charge in [0.1, 0.15) is 30.6 Å². The van der Waals surface area contributed by atoms with Crippen LogP contribution >= 0.6 is 11.6 Å². The van der Waals surface area contributed by atoms with Gasteiger partial charge in [0, 0.05) is 29.1 Å². The average molecular weight is 674 g/mol. The van der Waals surface area contributed by atoms with Gasteiger partial charge in [-0.1, -0.05) is 23.7 Å². The van der Waals surface area contributed by atoms with E-state index in [2.05, 4.69) is 15.6 Å². The van der Waals surface area contributed by atoms with Crippen LogP contribution in [0.5, 0.6) is 0 Å². The number of hydrogen-bond donors (Lipinski definition) is 4. The van der Waals surface area contributed by atoms with Crippen molar-refractivity contribution in [3.63, 3.8) is 0 Å². The number of amides is 2. The molecule has 1 unspecified atom stereocenters. The van der Waals surface area contributed by atoms with Gasteiger partial charge in [-0.15, -0.1) is 0 Å². The van der Waals surface area contributed by atoms with Crippen molar-refractivity contribution in [3.8, 4) is 0 Å². The second-order valence-electron chi connectivity index (χ2n) is 10.6. The summed E-state index contributed by atoms with van der Waals surface area (Å²) in [6.45, 7) is -1.41. The lowest BCUT2D eigenvalue weighted by atomic mass is 9.84. The number of halogens is 7. The Morgan fingerprint density at radius 2 is 1.78 bits per heavy atom. The predicted octanol–water partition coefficient (Wildman–Crippen LogP) is 4.83. The molecule has 1 saturated heterocycles. The summed E-state index contributed by atoms with van der Waals surface area (Å²) >= 11 is 6.00. The molecule has 0 spiro atoms. The van der Waals surface area contributed by atoms with E-state index in [-0.39, 0.29) is 43.0 Å². The summed E-state index contributed by atoms with van der Waals surface area (Å²) < 4.78 is 90.4. The smallest absolute Gasteiger partial charge is 0.407 e. The van der Waals surface area contributed by atoms with Crippen LogP contribution in [0.4, 0.5) is 36.8 Å². The van der Waals surface area contributed by atoms with Crippen LogP contribution in [0.3, 0.4) is 0 Å². The fourth-order valence-electron chi connectivity index (χ4n) is 4.89. The van der Waals surface area contributed by atoms with Crippen LogP contribution in [-0.2, 0) is 20.7 Å². The molecular formula is C30H30ClF6N5O4. The van der Waals surface area contributed by atoms with Crippen molar-refractivity contribution in [2.75, 3.05) is 31.6 Å². The van der Waals surface area contributed by atoms with E-state index in [9.17, 15) is 35.9 Å². The van der Waals surface area contributed by atoms with Crippen molar-refractivity contribution in [2.45, 2.75) is 43.1 Å². The molecule has 1 fully saturated rings. The van der Waals surface area contributed by atoms with E-state index in [1.165, 1.54) is 6.20 Å². The summed E-state index contributed by atoms with van der Waals surface area (Å²) in [5, 5.41) is 7.65. The molecule has 2 amide bonds. The number of anilines is 1. The van der Waals surface area contributed by atoms with Gasteiger partial charge in [0.2, 0.25) is 5.91 Å². The van der Waals surface area contributed by atoms with Crippen LogP contribution < -0.4 is 21.7 Å². The van der Waals surface area contributed by atoms with E-state index in [0.29, 0.717) is 23.1 Å². The highest BCUT2D eigenvalue weighted by Gasteiger charge is 2.31. The van der Waals surface area contributed by atoms with Crippen LogP contribution in [0.15, 0.2) is 54.9 Å². The normalized spacial score (nSPS) is 18.0.